The minimum Gasteiger partial charge on any atom is -0.366 e. The molecule has 98 valence electrons. The van der Waals surface area contributed by atoms with E-state index in [1.54, 1.807) is 11.9 Å². The Hall–Kier alpha value is -1.39. The van der Waals surface area contributed by atoms with Crippen LogP contribution in [-0.2, 0) is 9.53 Å². The number of hydrogen-bond acceptors (Lipinski definition) is 3. The molecule has 1 aliphatic heterocycles. The van der Waals surface area contributed by atoms with Crippen LogP contribution in [0.1, 0.15) is 11.1 Å². The molecule has 18 heavy (non-hydrogen) atoms. The Balaban J connectivity index is 2.14. The summed E-state index contributed by atoms with van der Waals surface area (Å²) < 4.78 is 5.49. The maximum atomic E-state index is 12.3. The van der Waals surface area contributed by atoms with Crippen molar-refractivity contribution in [2.75, 3.05) is 31.6 Å². The van der Waals surface area contributed by atoms with Crippen molar-refractivity contribution in [2.24, 2.45) is 0 Å². The van der Waals surface area contributed by atoms with Gasteiger partial charge in [0.25, 0.3) is 5.91 Å². The highest BCUT2D eigenvalue weighted by atomic mass is 16.5. The van der Waals surface area contributed by atoms with Crippen molar-refractivity contribution < 1.29 is 9.53 Å². The molecule has 0 bridgehead atoms. The van der Waals surface area contributed by atoms with Crippen LogP contribution >= 0.6 is 0 Å². The maximum absolute atomic E-state index is 12.3. The van der Waals surface area contributed by atoms with Gasteiger partial charge in [-0.3, -0.25) is 4.79 Å². The largest absolute Gasteiger partial charge is 0.366 e. The molecular formula is C14H20N2O2. The number of amides is 1. The van der Waals surface area contributed by atoms with Gasteiger partial charge in [0.2, 0.25) is 0 Å². The summed E-state index contributed by atoms with van der Waals surface area (Å²) in [6, 6.07) is 6.09. The molecule has 1 heterocycles. The first-order chi connectivity index (χ1) is 8.59. The summed E-state index contributed by atoms with van der Waals surface area (Å²) in [7, 11) is 1.80. The topological polar surface area (TPSA) is 41.6 Å². The Morgan fingerprint density at radius 1 is 1.44 bits per heavy atom. The summed E-state index contributed by atoms with van der Waals surface area (Å²) in [5.74, 6) is 0.00848. The molecule has 1 N–H and O–H groups in total. The van der Waals surface area contributed by atoms with Crippen LogP contribution in [0.4, 0.5) is 5.69 Å². The second kappa shape index (κ2) is 5.50. The number of ether oxygens (including phenoxy) is 1. The number of rotatable bonds is 2. The molecular weight excluding hydrogens is 228 g/mol. The molecule has 1 atom stereocenters. The standard InChI is InChI=1S/C14H20N2O2/c1-10-4-5-12(11(2)8-10)16(3)14(17)13-9-15-6-7-18-13/h4-5,8,13,15H,6-7,9H2,1-3H3. The van der Waals surface area contributed by atoms with E-state index >= 15 is 0 Å². The van der Waals surface area contributed by atoms with Crippen molar-refractivity contribution in [3.05, 3.63) is 29.3 Å². The van der Waals surface area contributed by atoms with Crippen molar-refractivity contribution >= 4 is 11.6 Å². The Morgan fingerprint density at radius 3 is 2.83 bits per heavy atom. The highest BCUT2D eigenvalue weighted by Gasteiger charge is 2.26. The Labute approximate surface area is 108 Å². The van der Waals surface area contributed by atoms with Gasteiger partial charge in [-0.25, -0.2) is 0 Å². The lowest BCUT2D eigenvalue weighted by molar-refractivity contribution is -0.131. The molecule has 1 aromatic carbocycles. The molecule has 1 aliphatic rings. The van der Waals surface area contributed by atoms with Crippen LogP contribution in [0.3, 0.4) is 0 Å². The van der Waals surface area contributed by atoms with Crippen LogP contribution in [0.2, 0.25) is 0 Å². The van der Waals surface area contributed by atoms with E-state index < -0.39 is 0 Å². The first-order valence-electron chi connectivity index (χ1n) is 6.26. The lowest BCUT2D eigenvalue weighted by Gasteiger charge is -2.28. The van der Waals surface area contributed by atoms with Gasteiger partial charge < -0.3 is 15.0 Å². The Morgan fingerprint density at radius 2 is 2.22 bits per heavy atom. The SMILES string of the molecule is Cc1ccc(N(C)C(=O)C2CNCCO2)c(C)c1. The molecule has 1 saturated heterocycles. The first kappa shape index (κ1) is 13.1. The van der Waals surface area contributed by atoms with E-state index in [-0.39, 0.29) is 12.0 Å². The molecule has 4 nitrogen and oxygen atoms in total. The third kappa shape index (κ3) is 2.71. The van der Waals surface area contributed by atoms with Crippen LogP contribution in [0.25, 0.3) is 0 Å². The van der Waals surface area contributed by atoms with Crippen molar-refractivity contribution in [1.82, 2.24) is 5.32 Å². The number of aryl methyl sites for hydroxylation is 2. The monoisotopic (exact) mass is 248 g/mol. The molecule has 0 saturated carbocycles. The van der Waals surface area contributed by atoms with Crippen molar-refractivity contribution in [2.45, 2.75) is 20.0 Å². The number of carbonyl (C=O) groups is 1. The van der Waals surface area contributed by atoms with Crippen LogP contribution in [-0.4, -0.2) is 38.8 Å². The average molecular weight is 248 g/mol. The molecule has 4 heteroatoms. The molecule has 0 radical (unpaired) electrons. The van der Waals surface area contributed by atoms with Gasteiger partial charge in [0, 0.05) is 25.8 Å². The molecule has 2 rings (SSSR count). The van der Waals surface area contributed by atoms with Gasteiger partial charge in [0.15, 0.2) is 0 Å². The number of nitrogens with one attached hydrogen (secondary N) is 1. The number of anilines is 1. The highest BCUT2D eigenvalue weighted by Crippen LogP contribution is 2.21. The van der Waals surface area contributed by atoms with Gasteiger partial charge in [-0.2, -0.15) is 0 Å². The van der Waals surface area contributed by atoms with E-state index in [9.17, 15) is 4.79 Å². The molecule has 1 aromatic rings. The number of hydrogen-bond donors (Lipinski definition) is 1. The zero-order valence-electron chi connectivity index (χ0n) is 11.2. The lowest BCUT2D eigenvalue weighted by Crippen LogP contribution is -2.48. The molecule has 0 aliphatic carbocycles. The van der Waals surface area contributed by atoms with Crippen molar-refractivity contribution in [1.29, 1.82) is 0 Å². The van der Waals surface area contributed by atoms with Crippen LogP contribution in [0.15, 0.2) is 18.2 Å². The van der Waals surface area contributed by atoms with Crippen LogP contribution in [0.5, 0.6) is 0 Å². The Bertz CT molecular complexity index is 439. The molecule has 0 spiro atoms. The van der Waals surface area contributed by atoms with Crippen molar-refractivity contribution in [3.63, 3.8) is 0 Å². The van der Waals surface area contributed by atoms with Gasteiger partial charge in [-0.1, -0.05) is 17.7 Å². The second-order valence-corrected chi connectivity index (χ2v) is 4.75. The number of morpholine rings is 1. The van der Waals surface area contributed by atoms with E-state index in [1.807, 2.05) is 26.0 Å². The van der Waals surface area contributed by atoms with Gasteiger partial charge in [-0.05, 0) is 25.5 Å². The second-order valence-electron chi connectivity index (χ2n) is 4.75. The fourth-order valence-corrected chi connectivity index (χ4v) is 2.24. The molecule has 1 unspecified atom stereocenters. The van der Waals surface area contributed by atoms with Gasteiger partial charge in [-0.15, -0.1) is 0 Å². The van der Waals surface area contributed by atoms with Crippen LogP contribution in [0, 0.1) is 13.8 Å². The van der Waals surface area contributed by atoms with Crippen LogP contribution < -0.4 is 10.2 Å². The third-order valence-electron chi connectivity index (χ3n) is 3.25. The van der Waals surface area contributed by atoms with E-state index in [0.717, 1.165) is 17.8 Å². The van der Waals surface area contributed by atoms with E-state index in [0.29, 0.717) is 13.2 Å². The summed E-state index contributed by atoms with van der Waals surface area (Å²) in [6.45, 7) is 6.07. The molecule has 1 amide bonds. The molecule has 0 aromatic heterocycles. The predicted molar refractivity (Wildman–Crippen MR) is 71.9 cm³/mol. The van der Waals surface area contributed by atoms with Gasteiger partial charge in [0.05, 0.1) is 6.61 Å². The predicted octanol–water partition coefficient (Wildman–Crippen LogP) is 1.25. The normalized spacial score (nSPS) is 19.6. The quantitative estimate of drug-likeness (QED) is 0.856. The third-order valence-corrected chi connectivity index (χ3v) is 3.25. The minimum atomic E-state index is -0.371. The van der Waals surface area contributed by atoms with E-state index in [2.05, 4.69) is 11.4 Å². The highest BCUT2D eigenvalue weighted by molar-refractivity contribution is 5.97. The smallest absolute Gasteiger partial charge is 0.257 e. The van der Waals surface area contributed by atoms with E-state index in [1.165, 1.54) is 5.56 Å². The number of carbonyl (C=O) groups excluding carboxylic acids is 1. The number of benzene rings is 1. The summed E-state index contributed by atoms with van der Waals surface area (Å²) >= 11 is 0. The minimum absolute atomic E-state index is 0.00848. The average Bonchev–Trinajstić information content (AvgIpc) is 2.38. The van der Waals surface area contributed by atoms with Gasteiger partial charge >= 0.3 is 0 Å². The lowest BCUT2D eigenvalue weighted by atomic mass is 10.1. The van der Waals surface area contributed by atoms with E-state index in [4.69, 9.17) is 4.74 Å². The summed E-state index contributed by atoms with van der Waals surface area (Å²) in [5.41, 5.74) is 3.25. The zero-order chi connectivity index (χ0) is 13.1. The zero-order valence-corrected chi connectivity index (χ0v) is 11.2. The summed E-state index contributed by atoms with van der Waals surface area (Å²) in [5, 5.41) is 3.17. The fourth-order valence-electron chi connectivity index (χ4n) is 2.24. The molecule has 1 fully saturated rings. The summed E-state index contributed by atoms with van der Waals surface area (Å²) in [4.78, 5) is 14.0. The Kier molecular flexibility index (Phi) is 3.99. The number of likely N-dealkylation sites (N-methyl/N-ethyl adjacent to an activating group) is 1. The maximum Gasteiger partial charge on any atom is 0.257 e. The number of nitrogens with zero attached hydrogens (tertiary/aromatic N) is 1. The van der Waals surface area contributed by atoms with Crippen molar-refractivity contribution in [3.8, 4) is 0 Å². The first-order valence-corrected chi connectivity index (χ1v) is 6.26. The fraction of sp³-hybridized carbons (Fsp3) is 0.500. The summed E-state index contributed by atoms with van der Waals surface area (Å²) in [6.07, 6.45) is -0.371. The van der Waals surface area contributed by atoms with Gasteiger partial charge in [0.1, 0.15) is 6.10 Å².